The molecule has 2 rings (SSSR count). The van der Waals surface area contributed by atoms with Gasteiger partial charge in [0.2, 0.25) is 8.87 Å². The maximum absolute atomic E-state index is 11.5. The maximum atomic E-state index is 11.5. The topological polar surface area (TPSA) is 34.1 Å². The molecule has 1 aliphatic carbocycles. The van der Waals surface area contributed by atoms with Gasteiger partial charge < -0.3 is 0 Å². The number of fused-ring (bicyclic) bond motifs is 1. The molecule has 2 fully saturated rings. The molecule has 14 heavy (non-hydrogen) atoms. The molecule has 1 saturated carbocycles. The highest BCUT2D eigenvalue weighted by Crippen LogP contribution is 2.44. The van der Waals surface area contributed by atoms with Crippen LogP contribution < -0.4 is 0 Å². The quantitative estimate of drug-likeness (QED) is 0.654. The Bertz CT molecular complexity index is 291. The summed E-state index contributed by atoms with van der Waals surface area (Å²) in [4.78, 5) is 0. The van der Waals surface area contributed by atoms with Gasteiger partial charge in [-0.05, 0) is 35.0 Å². The van der Waals surface area contributed by atoms with Crippen molar-refractivity contribution in [2.75, 3.05) is 11.5 Å². The molecule has 82 valence electrons. The van der Waals surface area contributed by atoms with Crippen molar-refractivity contribution in [2.45, 2.75) is 32.6 Å². The zero-order chi connectivity index (χ0) is 10.2. The lowest BCUT2D eigenvalue weighted by atomic mass is 9.72. The smallest absolute Gasteiger partial charge is 0.201 e. The van der Waals surface area contributed by atoms with E-state index in [1.807, 2.05) is 0 Å². The van der Waals surface area contributed by atoms with E-state index in [1.165, 1.54) is 30.1 Å². The average molecular weight is 234 g/mol. The van der Waals surface area contributed by atoms with Crippen LogP contribution in [0.15, 0.2) is 0 Å². The van der Waals surface area contributed by atoms with Gasteiger partial charge >= 0.3 is 0 Å². The van der Waals surface area contributed by atoms with Crippen molar-refractivity contribution >= 4 is 19.7 Å². The molecule has 2 unspecified atom stereocenters. The molecule has 0 spiro atoms. The fourth-order valence-corrected chi connectivity index (χ4v) is 6.73. The Morgan fingerprint density at radius 2 is 2.14 bits per heavy atom. The summed E-state index contributed by atoms with van der Waals surface area (Å²) in [5, 5.41) is 0. The van der Waals surface area contributed by atoms with Crippen molar-refractivity contribution in [2.24, 2.45) is 17.8 Å². The van der Waals surface area contributed by atoms with E-state index in [-0.39, 0.29) is 0 Å². The van der Waals surface area contributed by atoms with Crippen molar-refractivity contribution in [3.8, 4) is 0 Å². The lowest BCUT2D eigenvalue weighted by Gasteiger charge is -2.40. The van der Waals surface area contributed by atoms with Crippen molar-refractivity contribution in [3.05, 3.63) is 0 Å². The molecule has 2 nitrogen and oxygen atoms in total. The van der Waals surface area contributed by atoms with Crippen molar-refractivity contribution < 1.29 is 8.42 Å². The second-order valence-corrected chi connectivity index (χ2v) is 8.78. The van der Waals surface area contributed by atoms with E-state index in [1.54, 1.807) is 0 Å². The Kier molecular flexibility index (Phi) is 3.12. The average Bonchev–Trinajstić information content (AvgIpc) is 2.15. The monoisotopic (exact) mass is 234 g/mol. The van der Waals surface area contributed by atoms with Crippen LogP contribution in [0.25, 0.3) is 0 Å². The molecule has 1 saturated heterocycles. The van der Waals surface area contributed by atoms with Gasteiger partial charge in [0.25, 0.3) is 0 Å². The highest BCUT2D eigenvalue weighted by atomic mass is 33.1. The van der Waals surface area contributed by atoms with Gasteiger partial charge in [0, 0.05) is 5.75 Å². The van der Waals surface area contributed by atoms with Crippen LogP contribution in [0, 0.1) is 17.8 Å². The number of hydrogen-bond acceptors (Lipinski definition) is 3. The zero-order valence-electron chi connectivity index (χ0n) is 8.61. The zero-order valence-corrected chi connectivity index (χ0v) is 10.2. The van der Waals surface area contributed by atoms with Crippen LogP contribution in [0.3, 0.4) is 0 Å². The van der Waals surface area contributed by atoms with E-state index in [9.17, 15) is 8.42 Å². The van der Waals surface area contributed by atoms with Gasteiger partial charge in [0.1, 0.15) is 0 Å². The molecule has 0 aromatic rings. The first-order valence-corrected chi connectivity index (χ1v) is 8.65. The van der Waals surface area contributed by atoms with Crippen LogP contribution in [0.1, 0.15) is 32.6 Å². The molecule has 1 heterocycles. The van der Waals surface area contributed by atoms with Crippen LogP contribution in [0.4, 0.5) is 0 Å². The third-order valence-electron chi connectivity index (χ3n) is 3.74. The minimum absolute atomic E-state index is 0.445. The number of rotatable bonds is 1. The molecule has 1 aliphatic heterocycles. The Balaban J connectivity index is 2.14. The predicted molar refractivity (Wildman–Crippen MR) is 60.9 cm³/mol. The molecule has 0 radical (unpaired) electrons. The molecule has 0 amide bonds. The van der Waals surface area contributed by atoms with E-state index in [0.717, 1.165) is 12.2 Å². The van der Waals surface area contributed by atoms with Gasteiger partial charge in [-0.25, -0.2) is 8.42 Å². The van der Waals surface area contributed by atoms with Crippen LogP contribution >= 0.6 is 10.8 Å². The molecule has 0 aromatic carbocycles. The summed E-state index contributed by atoms with van der Waals surface area (Å²) >= 11 is 0. The fraction of sp³-hybridized carbons (Fsp3) is 1.00. The SMILES string of the molecule is CC[C@H]1CCCC2CSS(=O)(=O)CC21. The van der Waals surface area contributed by atoms with Crippen molar-refractivity contribution in [3.63, 3.8) is 0 Å². The molecule has 3 atom stereocenters. The lowest BCUT2D eigenvalue weighted by Crippen LogP contribution is -2.37. The minimum Gasteiger partial charge on any atom is -0.217 e. The van der Waals surface area contributed by atoms with E-state index in [2.05, 4.69) is 6.92 Å². The molecular formula is C10H18O2S2. The van der Waals surface area contributed by atoms with Gasteiger partial charge in [0.15, 0.2) is 0 Å². The van der Waals surface area contributed by atoms with Gasteiger partial charge in [-0.3, -0.25) is 0 Å². The molecule has 4 heteroatoms. The third kappa shape index (κ3) is 2.11. The second-order valence-electron chi connectivity index (χ2n) is 4.53. The standard InChI is InChI=1S/C10H18O2S2/c1-2-8-4-3-5-9-6-13-14(11,12)7-10(8)9/h8-10H,2-7H2,1H3/t8-,9?,10?/m0/s1. The number of hydrogen-bond donors (Lipinski definition) is 0. The van der Waals surface area contributed by atoms with Crippen LogP contribution in [0.5, 0.6) is 0 Å². The summed E-state index contributed by atoms with van der Waals surface area (Å²) in [5.74, 6) is 3.12. The molecule has 0 aromatic heterocycles. The summed E-state index contributed by atoms with van der Waals surface area (Å²) < 4.78 is 23.1. The van der Waals surface area contributed by atoms with Crippen LogP contribution in [0.2, 0.25) is 0 Å². The third-order valence-corrected chi connectivity index (χ3v) is 7.35. The predicted octanol–water partition coefficient (Wildman–Crippen LogP) is 2.51. The summed E-state index contributed by atoms with van der Waals surface area (Å²) in [6, 6.07) is 0. The molecule has 0 N–H and O–H groups in total. The lowest BCUT2D eigenvalue weighted by molar-refractivity contribution is 0.182. The largest absolute Gasteiger partial charge is 0.217 e. The molecule has 2 aliphatic rings. The van der Waals surface area contributed by atoms with E-state index < -0.39 is 8.87 Å². The highest BCUT2D eigenvalue weighted by Gasteiger charge is 2.39. The van der Waals surface area contributed by atoms with Gasteiger partial charge in [-0.15, -0.1) is 0 Å². The maximum Gasteiger partial charge on any atom is 0.201 e. The first-order valence-electron chi connectivity index (χ1n) is 5.49. The Hall–Kier alpha value is 0.300. The molecule has 0 bridgehead atoms. The second kappa shape index (κ2) is 4.05. The molecular weight excluding hydrogens is 216 g/mol. The first-order chi connectivity index (χ1) is 6.62. The summed E-state index contributed by atoms with van der Waals surface area (Å²) in [5.41, 5.74) is 0. The van der Waals surface area contributed by atoms with Crippen molar-refractivity contribution in [1.29, 1.82) is 0 Å². The first kappa shape index (κ1) is 10.8. The van der Waals surface area contributed by atoms with Crippen LogP contribution in [-0.2, 0) is 8.87 Å². The minimum atomic E-state index is -2.78. The van der Waals surface area contributed by atoms with E-state index in [0.29, 0.717) is 23.5 Å². The van der Waals surface area contributed by atoms with Gasteiger partial charge in [-0.1, -0.05) is 26.2 Å². The van der Waals surface area contributed by atoms with Gasteiger partial charge in [-0.2, -0.15) is 0 Å². The summed E-state index contributed by atoms with van der Waals surface area (Å²) in [6.07, 6.45) is 4.96. The highest BCUT2D eigenvalue weighted by molar-refractivity contribution is 8.72. The Morgan fingerprint density at radius 1 is 1.36 bits per heavy atom. The fourth-order valence-electron chi connectivity index (χ4n) is 2.92. The van der Waals surface area contributed by atoms with E-state index >= 15 is 0 Å². The van der Waals surface area contributed by atoms with Crippen molar-refractivity contribution in [1.82, 2.24) is 0 Å². The van der Waals surface area contributed by atoms with Crippen LogP contribution in [-0.4, -0.2) is 19.9 Å². The van der Waals surface area contributed by atoms with E-state index in [4.69, 9.17) is 0 Å². The summed E-state index contributed by atoms with van der Waals surface area (Å²) in [7, 11) is -1.59. The Morgan fingerprint density at radius 3 is 2.86 bits per heavy atom. The summed E-state index contributed by atoms with van der Waals surface area (Å²) in [6.45, 7) is 2.20. The Labute approximate surface area is 90.2 Å². The van der Waals surface area contributed by atoms with Gasteiger partial charge in [0.05, 0.1) is 5.75 Å². The normalized spacial score (nSPS) is 41.6.